The van der Waals surface area contributed by atoms with Gasteiger partial charge in [-0.15, -0.1) is 11.3 Å². The van der Waals surface area contributed by atoms with Crippen molar-refractivity contribution in [1.82, 2.24) is 20.1 Å². The van der Waals surface area contributed by atoms with E-state index in [0.29, 0.717) is 6.04 Å². The maximum absolute atomic E-state index is 4.48. The minimum absolute atomic E-state index is 0.477. The summed E-state index contributed by atoms with van der Waals surface area (Å²) in [5.41, 5.74) is 3.83. The molecule has 2 aromatic rings. The maximum Gasteiger partial charge on any atom is 0.0940 e. The second kappa shape index (κ2) is 6.30. The van der Waals surface area contributed by atoms with Crippen molar-refractivity contribution in [1.29, 1.82) is 0 Å². The molecule has 0 aliphatic heterocycles. The largest absolute Gasteiger partial charge is 0.317 e. The Hall–Kier alpha value is -1.20. The number of nitrogens with one attached hydrogen (secondary N) is 1. The zero-order valence-electron chi connectivity index (χ0n) is 12.1. The average molecular weight is 278 g/mol. The lowest BCUT2D eigenvalue weighted by Gasteiger charge is -2.14. The van der Waals surface area contributed by atoms with Crippen LogP contribution in [0.15, 0.2) is 11.6 Å². The van der Waals surface area contributed by atoms with Gasteiger partial charge in [0.05, 0.1) is 10.7 Å². The molecule has 1 unspecified atom stereocenters. The number of likely N-dealkylation sites (N-methyl/N-ethyl adjacent to an activating group) is 1. The van der Waals surface area contributed by atoms with Crippen molar-refractivity contribution in [2.75, 3.05) is 7.05 Å². The zero-order chi connectivity index (χ0) is 13.8. The second-order valence-electron chi connectivity index (χ2n) is 4.93. The highest BCUT2D eigenvalue weighted by Gasteiger charge is 2.13. The van der Waals surface area contributed by atoms with Crippen molar-refractivity contribution >= 4 is 11.3 Å². The summed E-state index contributed by atoms with van der Waals surface area (Å²) in [6.45, 7) is 4.24. The summed E-state index contributed by atoms with van der Waals surface area (Å²) in [5, 5.41) is 11.1. The quantitative estimate of drug-likeness (QED) is 0.881. The number of aromatic nitrogens is 3. The van der Waals surface area contributed by atoms with Gasteiger partial charge in [0.2, 0.25) is 0 Å². The predicted molar refractivity (Wildman–Crippen MR) is 79.7 cm³/mol. The number of hydrogen-bond donors (Lipinski definition) is 1. The number of nitrogens with zero attached hydrogens (tertiary/aromatic N) is 3. The van der Waals surface area contributed by atoms with Gasteiger partial charge in [0.25, 0.3) is 0 Å². The third kappa shape index (κ3) is 3.42. The standard InChI is InChI=1S/C14H22N4S/c1-10-13(11(2)18(4)17-10)6-5-12(15-3)9-14-16-7-8-19-14/h7-8,12,15H,5-6,9H2,1-4H3. The van der Waals surface area contributed by atoms with Crippen molar-refractivity contribution in [3.05, 3.63) is 33.5 Å². The van der Waals surface area contributed by atoms with E-state index in [4.69, 9.17) is 0 Å². The molecule has 0 aliphatic carbocycles. The minimum atomic E-state index is 0.477. The molecule has 1 N–H and O–H groups in total. The summed E-state index contributed by atoms with van der Waals surface area (Å²) in [6.07, 6.45) is 5.07. The summed E-state index contributed by atoms with van der Waals surface area (Å²) >= 11 is 1.73. The lowest BCUT2D eigenvalue weighted by molar-refractivity contribution is 0.518. The highest BCUT2D eigenvalue weighted by molar-refractivity contribution is 7.09. The van der Waals surface area contributed by atoms with Crippen molar-refractivity contribution in [2.24, 2.45) is 7.05 Å². The molecule has 19 heavy (non-hydrogen) atoms. The number of aryl methyl sites for hydroxylation is 2. The molecule has 0 spiro atoms. The van der Waals surface area contributed by atoms with Crippen molar-refractivity contribution in [2.45, 2.75) is 39.2 Å². The van der Waals surface area contributed by atoms with Crippen LogP contribution in [0.4, 0.5) is 0 Å². The Balaban J connectivity index is 1.96. The summed E-state index contributed by atoms with van der Waals surface area (Å²) in [4.78, 5) is 4.36. The van der Waals surface area contributed by atoms with Gasteiger partial charge >= 0.3 is 0 Å². The highest BCUT2D eigenvalue weighted by atomic mass is 32.1. The van der Waals surface area contributed by atoms with Crippen LogP contribution in [0.25, 0.3) is 0 Å². The van der Waals surface area contributed by atoms with Crippen LogP contribution < -0.4 is 5.32 Å². The van der Waals surface area contributed by atoms with Crippen LogP contribution in [-0.2, 0) is 19.9 Å². The summed E-state index contributed by atoms with van der Waals surface area (Å²) in [6, 6.07) is 0.477. The first-order chi connectivity index (χ1) is 9.11. The molecule has 2 rings (SSSR count). The fourth-order valence-corrected chi connectivity index (χ4v) is 3.11. The molecule has 4 nitrogen and oxygen atoms in total. The average Bonchev–Trinajstić information content (AvgIpc) is 2.97. The van der Waals surface area contributed by atoms with Gasteiger partial charge in [-0.25, -0.2) is 4.98 Å². The highest BCUT2D eigenvalue weighted by Crippen LogP contribution is 2.16. The van der Waals surface area contributed by atoms with E-state index in [9.17, 15) is 0 Å². The number of thiazole rings is 1. The van der Waals surface area contributed by atoms with Crippen LogP contribution in [0.3, 0.4) is 0 Å². The van der Waals surface area contributed by atoms with E-state index in [1.165, 1.54) is 16.3 Å². The van der Waals surface area contributed by atoms with Gasteiger partial charge in [-0.05, 0) is 39.3 Å². The first-order valence-corrected chi connectivity index (χ1v) is 7.54. The Labute approximate surface area is 118 Å². The smallest absolute Gasteiger partial charge is 0.0940 e. The SMILES string of the molecule is CNC(CCc1c(C)nn(C)c1C)Cc1nccs1. The second-order valence-corrected chi connectivity index (χ2v) is 5.91. The van der Waals surface area contributed by atoms with Crippen molar-refractivity contribution in [3.63, 3.8) is 0 Å². The van der Waals surface area contributed by atoms with Gasteiger partial charge in [-0.3, -0.25) is 4.68 Å². The normalized spacial score (nSPS) is 12.8. The van der Waals surface area contributed by atoms with E-state index in [1.807, 2.05) is 30.4 Å². The Morgan fingerprint density at radius 2 is 2.21 bits per heavy atom. The Morgan fingerprint density at radius 1 is 1.42 bits per heavy atom. The van der Waals surface area contributed by atoms with Gasteiger partial charge < -0.3 is 5.32 Å². The van der Waals surface area contributed by atoms with E-state index >= 15 is 0 Å². The van der Waals surface area contributed by atoms with E-state index < -0.39 is 0 Å². The molecule has 0 fully saturated rings. The van der Waals surface area contributed by atoms with E-state index in [2.05, 4.69) is 29.2 Å². The molecular weight excluding hydrogens is 256 g/mol. The Morgan fingerprint density at radius 3 is 2.74 bits per heavy atom. The van der Waals surface area contributed by atoms with Crippen molar-refractivity contribution in [3.8, 4) is 0 Å². The van der Waals surface area contributed by atoms with Crippen LogP contribution in [0.1, 0.15) is 28.4 Å². The molecule has 0 saturated heterocycles. The minimum Gasteiger partial charge on any atom is -0.317 e. The molecular formula is C14H22N4S. The van der Waals surface area contributed by atoms with E-state index in [1.54, 1.807) is 11.3 Å². The molecule has 0 amide bonds. The Kier molecular flexibility index (Phi) is 4.71. The topological polar surface area (TPSA) is 42.7 Å². The van der Waals surface area contributed by atoms with E-state index in [-0.39, 0.29) is 0 Å². The number of rotatable bonds is 6. The van der Waals surface area contributed by atoms with E-state index in [0.717, 1.165) is 25.0 Å². The Bertz CT molecular complexity index is 516. The zero-order valence-corrected chi connectivity index (χ0v) is 12.9. The molecule has 2 heterocycles. The monoisotopic (exact) mass is 278 g/mol. The summed E-state index contributed by atoms with van der Waals surface area (Å²) < 4.78 is 1.97. The lowest BCUT2D eigenvalue weighted by Crippen LogP contribution is -2.28. The molecule has 0 aliphatic rings. The molecule has 2 aromatic heterocycles. The van der Waals surface area contributed by atoms with Gasteiger partial charge in [-0.1, -0.05) is 0 Å². The molecule has 0 bridgehead atoms. The lowest BCUT2D eigenvalue weighted by atomic mass is 10.0. The first kappa shape index (κ1) is 14.2. The molecule has 104 valence electrons. The van der Waals surface area contributed by atoms with Crippen molar-refractivity contribution < 1.29 is 0 Å². The van der Waals surface area contributed by atoms with Crippen LogP contribution in [0.5, 0.6) is 0 Å². The van der Waals surface area contributed by atoms with Gasteiger partial charge in [0.1, 0.15) is 0 Å². The number of hydrogen-bond acceptors (Lipinski definition) is 4. The molecule has 0 saturated carbocycles. The summed E-state index contributed by atoms with van der Waals surface area (Å²) in [7, 11) is 4.04. The van der Waals surface area contributed by atoms with Crippen LogP contribution >= 0.6 is 11.3 Å². The molecule has 5 heteroatoms. The van der Waals surface area contributed by atoms with Gasteiger partial charge in [0, 0.05) is 36.8 Å². The molecule has 0 radical (unpaired) electrons. The third-order valence-electron chi connectivity index (χ3n) is 3.71. The van der Waals surface area contributed by atoms with Crippen LogP contribution in [0.2, 0.25) is 0 Å². The fourth-order valence-electron chi connectivity index (χ4n) is 2.41. The van der Waals surface area contributed by atoms with Gasteiger partial charge in [-0.2, -0.15) is 5.10 Å². The molecule has 0 aromatic carbocycles. The van der Waals surface area contributed by atoms with Gasteiger partial charge in [0.15, 0.2) is 0 Å². The van der Waals surface area contributed by atoms with Crippen LogP contribution in [0, 0.1) is 13.8 Å². The summed E-state index contributed by atoms with van der Waals surface area (Å²) in [5.74, 6) is 0. The molecule has 1 atom stereocenters. The third-order valence-corrected chi connectivity index (χ3v) is 4.52. The predicted octanol–water partition coefficient (Wildman–Crippen LogP) is 2.26. The van der Waals surface area contributed by atoms with Crippen LogP contribution in [-0.4, -0.2) is 27.9 Å². The fraction of sp³-hybridized carbons (Fsp3) is 0.571. The maximum atomic E-state index is 4.48. The first-order valence-electron chi connectivity index (χ1n) is 6.66.